The average Bonchev–Trinajstić information content (AvgIpc) is 2.98. The van der Waals surface area contributed by atoms with Crippen molar-refractivity contribution in [1.82, 2.24) is 0 Å². The standard InChI is InChI=1S/C21H21BrO3S/c1-14-21(26(23,24)18-10-8-17(22)9-11-18)19-13-16(7-12-20(19)25-14)15-5-3-2-4-6-15/h7-13,15H,2-6H2,1H3. The first kappa shape index (κ1) is 17.8. The number of furan rings is 1. The second-order valence-electron chi connectivity index (χ2n) is 7.04. The number of hydrogen-bond donors (Lipinski definition) is 0. The van der Waals surface area contributed by atoms with Gasteiger partial charge in [-0.1, -0.05) is 41.3 Å². The predicted molar refractivity (Wildman–Crippen MR) is 106 cm³/mol. The van der Waals surface area contributed by atoms with Gasteiger partial charge in [0.15, 0.2) is 0 Å². The minimum Gasteiger partial charge on any atom is -0.460 e. The topological polar surface area (TPSA) is 47.3 Å². The molecular weight excluding hydrogens is 412 g/mol. The Balaban J connectivity index is 1.85. The maximum atomic E-state index is 13.3. The lowest BCUT2D eigenvalue weighted by Gasteiger charge is -2.21. The number of sulfone groups is 1. The van der Waals surface area contributed by atoms with Crippen LogP contribution in [0.4, 0.5) is 0 Å². The van der Waals surface area contributed by atoms with Crippen molar-refractivity contribution in [3.8, 4) is 0 Å². The van der Waals surface area contributed by atoms with Crippen LogP contribution in [-0.4, -0.2) is 8.42 Å². The molecule has 26 heavy (non-hydrogen) atoms. The molecule has 3 aromatic rings. The van der Waals surface area contributed by atoms with Crippen molar-refractivity contribution in [2.75, 3.05) is 0 Å². The fraction of sp³-hybridized carbons (Fsp3) is 0.333. The van der Waals surface area contributed by atoms with E-state index in [9.17, 15) is 8.42 Å². The monoisotopic (exact) mass is 432 g/mol. The summed E-state index contributed by atoms with van der Waals surface area (Å²) in [5.74, 6) is 0.968. The molecule has 2 aromatic carbocycles. The van der Waals surface area contributed by atoms with Crippen LogP contribution < -0.4 is 0 Å². The fourth-order valence-electron chi connectivity index (χ4n) is 3.97. The third-order valence-electron chi connectivity index (χ3n) is 5.30. The molecule has 0 N–H and O–H groups in total. The molecule has 1 aromatic heterocycles. The average molecular weight is 433 g/mol. The van der Waals surface area contributed by atoms with Crippen molar-refractivity contribution >= 4 is 36.7 Å². The SMILES string of the molecule is Cc1oc2ccc(C3CCCCC3)cc2c1S(=O)(=O)c1ccc(Br)cc1. The van der Waals surface area contributed by atoms with Gasteiger partial charge in [-0.15, -0.1) is 0 Å². The van der Waals surface area contributed by atoms with E-state index in [1.165, 1.54) is 37.7 Å². The summed E-state index contributed by atoms with van der Waals surface area (Å²) in [5.41, 5.74) is 1.86. The third kappa shape index (κ3) is 3.12. The highest BCUT2D eigenvalue weighted by Gasteiger charge is 2.27. The van der Waals surface area contributed by atoms with Crippen molar-refractivity contribution < 1.29 is 12.8 Å². The molecule has 1 aliphatic carbocycles. The Hall–Kier alpha value is -1.59. The van der Waals surface area contributed by atoms with E-state index in [0.29, 0.717) is 27.5 Å². The summed E-state index contributed by atoms with van der Waals surface area (Å²) in [6, 6.07) is 12.8. The number of aryl methyl sites for hydroxylation is 1. The summed E-state index contributed by atoms with van der Waals surface area (Å²) in [7, 11) is -3.63. The lowest BCUT2D eigenvalue weighted by Crippen LogP contribution is -2.05. The van der Waals surface area contributed by atoms with Gasteiger partial charge in [-0.3, -0.25) is 0 Å². The van der Waals surface area contributed by atoms with Crippen LogP contribution in [0, 0.1) is 6.92 Å². The minimum absolute atomic E-state index is 0.287. The maximum Gasteiger partial charge on any atom is 0.210 e. The van der Waals surface area contributed by atoms with Crippen LogP contribution >= 0.6 is 15.9 Å². The van der Waals surface area contributed by atoms with Crippen LogP contribution in [0.2, 0.25) is 0 Å². The molecule has 4 rings (SSSR count). The molecule has 0 unspecified atom stereocenters. The molecule has 1 fully saturated rings. The first-order valence-corrected chi connectivity index (χ1v) is 11.3. The van der Waals surface area contributed by atoms with Crippen LogP contribution in [0.5, 0.6) is 0 Å². The third-order valence-corrected chi connectivity index (χ3v) is 7.77. The maximum absolute atomic E-state index is 13.3. The lowest BCUT2D eigenvalue weighted by atomic mass is 9.84. The normalized spacial score (nSPS) is 16.2. The van der Waals surface area contributed by atoms with E-state index in [1.54, 1.807) is 31.2 Å². The van der Waals surface area contributed by atoms with Gasteiger partial charge < -0.3 is 4.42 Å². The lowest BCUT2D eigenvalue weighted by molar-refractivity contribution is 0.444. The van der Waals surface area contributed by atoms with Crippen LogP contribution in [-0.2, 0) is 9.84 Å². The Morgan fingerprint density at radius 3 is 2.38 bits per heavy atom. The molecule has 1 heterocycles. The quantitative estimate of drug-likeness (QED) is 0.481. The van der Waals surface area contributed by atoms with E-state index < -0.39 is 9.84 Å². The van der Waals surface area contributed by atoms with E-state index in [1.807, 2.05) is 12.1 Å². The van der Waals surface area contributed by atoms with Gasteiger partial charge in [-0.2, -0.15) is 0 Å². The highest BCUT2D eigenvalue weighted by molar-refractivity contribution is 9.10. The summed E-state index contributed by atoms with van der Waals surface area (Å²) in [5, 5.41) is 0.702. The van der Waals surface area contributed by atoms with E-state index in [4.69, 9.17) is 4.42 Å². The van der Waals surface area contributed by atoms with Crippen LogP contribution in [0.3, 0.4) is 0 Å². The molecule has 0 saturated heterocycles. The van der Waals surface area contributed by atoms with Crippen LogP contribution in [0.15, 0.2) is 61.1 Å². The molecule has 0 amide bonds. The zero-order chi connectivity index (χ0) is 18.3. The first-order valence-electron chi connectivity index (χ1n) is 9.00. The summed E-state index contributed by atoms with van der Waals surface area (Å²) in [6.45, 7) is 1.73. The van der Waals surface area contributed by atoms with Crippen molar-refractivity contribution in [1.29, 1.82) is 0 Å². The van der Waals surface area contributed by atoms with Crippen molar-refractivity contribution in [2.24, 2.45) is 0 Å². The van der Waals surface area contributed by atoms with Gasteiger partial charge in [0.25, 0.3) is 0 Å². The molecular formula is C21H21BrO3S. The van der Waals surface area contributed by atoms with E-state index in [0.717, 1.165) is 4.47 Å². The number of halogens is 1. The van der Waals surface area contributed by atoms with E-state index in [-0.39, 0.29) is 4.90 Å². The van der Waals surface area contributed by atoms with Crippen LogP contribution in [0.25, 0.3) is 11.0 Å². The number of fused-ring (bicyclic) bond motifs is 1. The molecule has 136 valence electrons. The Morgan fingerprint density at radius 1 is 1.00 bits per heavy atom. The molecule has 0 bridgehead atoms. The van der Waals surface area contributed by atoms with E-state index >= 15 is 0 Å². The zero-order valence-corrected chi connectivity index (χ0v) is 17.1. The Morgan fingerprint density at radius 2 is 1.69 bits per heavy atom. The zero-order valence-electron chi connectivity index (χ0n) is 14.7. The van der Waals surface area contributed by atoms with Gasteiger partial charge in [0.2, 0.25) is 9.84 Å². The summed E-state index contributed by atoms with van der Waals surface area (Å²) in [4.78, 5) is 0.585. The number of benzene rings is 2. The molecule has 0 atom stereocenters. The van der Waals surface area contributed by atoms with Gasteiger partial charge in [-0.05, 0) is 67.6 Å². The fourth-order valence-corrected chi connectivity index (χ4v) is 5.83. The molecule has 0 radical (unpaired) electrons. The summed E-state index contributed by atoms with van der Waals surface area (Å²) in [6.07, 6.45) is 6.15. The molecule has 0 spiro atoms. The van der Waals surface area contributed by atoms with Crippen LogP contribution in [0.1, 0.15) is 49.3 Å². The number of rotatable bonds is 3. The van der Waals surface area contributed by atoms with E-state index in [2.05, 4.69) is 22.0 Å². The molecule has 1 saturated carbocycles. The Labute approximate surface area is 162 Å². The summed E-state index contributed by atoms with van der Waals surface area (Å²) < 4.78 is 33.1. The predicted octanol–water partition coefficient (Wildman–Crippen LogP) is 6.38. The highest BCUT2D eigenvalue weighted by atomic mass is 79.9. The minimum atomic E-state index is -3.63. The van der Waals surface area contributed by atoms with Gasteiger partial charge in [0, 0.05) is 9.86 Å². The molecule has 1 aliphatic rings. The molecule has 3 nitrogen and oxygen atoms in total. The van der Waals surface area contributed by atoms with Gasteiger partial charge in [0.05, 0.1) is 4.90 Å². The van der Waals surface area contributed by atoms with Crippen molar-refractivity contribution in [3.63, 3.8) is 0 Å². The largest absolute Gasteiger partial charge is 0.460 e. The second-order valence-corrected chi connectivity index (χ2v) is 9.84. The molecule has 5 heteroatoms. The van der Waals surface area contributed by atoms with Crippen molar-refractivity contribution in [3.05, 3.63) is 58.3 Å². The Kier molecular flexibility index (Phi) is 4.70. The summed E-state index contributed by atoms with van der Waals surface area (Å²) >= 11 is 3.36. The van der Waals surface area contributed by atoms with Gasteiger partial charge >= 0.3 is 0 Å². The van der Waals surface area contributed by atoms with Crippen molar-refractivity contribution in [2.45, 2.75) is 54.7 Å². The van der Waals surface area contributed by atoms with Gasteiger partial charge in [-0.25, -0.2) is 8.42 Å². The highest BCUT2D eigenvalue weighted by Crippen LogP contribution is 2.38. The first-order chi connectivity index (χ1) is 12.5. The smallest absolute Gasteiger partial charge is 0.210 e. The molecule has 0 aliphatic heterocycles. The number of hydrogen-bond acceptors (Lipinski definition) is 3. The van der Waals surface area contributed by atoms with Gasteiger partial charge in [0.1, 0.15) is 16.2 Å². The second kappa shape index (κ2) is 6.86. The Bertz CT molecular complexity index is 1040.